The van der Waals surface area contributed by atoms with Gasteiger partial charge in [0.2, 0.25) is 0 Å². The van der Waals surface area contributed by atoms with Gasteiger partial charge in [0.25, 0.3) is 5.91 Å². The van der Waals surface area contributed by atoms with E-state index in [4.69, 9.17) is 0 Å². The molecule has 0 radical (unpaired) electrons. The first-order valence-corrected chi connectivity index (χ1v) is 7.60. The molecule has 0 saturated heterocycles. The normalized spacial score (nSPS) is 17.0. The van der Waals surface area contributed by atoms with Gasteiger partial charge in [0.05, 0.1) is 18.7 Å². The first kappa shape index (κ1) is 14.8. The van der Waals surface area contributed by atoms with Gasteiger partial charge in [-0.25, -0.2) is 0 Å². The maximum absolute atomic E-state index is 12.3. The molecule has 1 aromatic carbocycles. The molecule has 0 aliphatic heterocycles. The van der Waals surface area contributed by atoms with E-state index in [1.807, 2.05) is 48.1 Å². The summed E-state index contributed by atoms with van der Waals surface area (Å²) in [6.45, 7) is 2.57. The Balaban J connectivity index is 1.65. The standard InChI is InChI=1S/C17H21N3O2/c1-17(12-21,15-7-8-15)19-16(22)14-5-3-13(4-6-14)11-20-10-2-9-18-20/h2-6,9-10,15,21H,7-8,11-12H2,1H3,(H,19,22). The Morgan fingerprint density at radius 3 is 2.68 bits per heavy atom. The van der Waals surface area contributed by atoms with E-state index in [0.29, 0.717) is 18.0 Å². The van der Waals surface area contributed by atoms with Crippen molar-refractivity contribution in [3.63, 3.8) is 0 Å². The average molecular weight is 299 g/mol. The van der Waals surface area contributed by atoms with Crippen LogP contribution in [0.3, 0.4) is 0 Å². The lowest BCUT2D eigenvalue weighted by Gasteiger charge is -2.28. The van der Waals surface area contributed by atoms with Gasteiger partial charge in [0.1, 0.15) is 0 Å². The highest BCUT2D eigenvalue weighted by Gasteiger charge is 2.42. The van der Waals surface area contributed by atoms with Crippen molar-refractivity contribution in [2.45, 2.75) is 31.8 Å². The number of aromatic nitrogens is 2. The van der Waals surface area contributed by atoms with E-state index in [1.165, 1.54) is 0 Å². The molecule has 1 aliphatic rings. The van der Waals surface area contributed by atoms with Crippen LogP contribution in [0.1, 0.15) is 35.7 Å². The monoisotopic (exact) mass is 299 g/mol. The molecule has 1 heterocycles. The summed E-state index contributed by atoms with van der Waals surface area (Å²) >= 11 is 0. The van der Waals surface area contributed by atoms with Crippen LogP contribution < -0.4 is 5.32 Å². The number of carbonyl (C=O) groups is 1. The molecule has 0 spiro atoms. The smallest absolute Gasteiger partial charge is 0.251 e. The number of nitrogens with zero attached hydrogens (tertiary/aromatic N) is 2. The minimum atomic E-state index is -0.509. The maximum Gasteiger partial charge on any atom is 0.251 e. The van der Waals surface area contributed by atoms with Gasteiger partial charge in [0.15, 0.2) is 0 Å². The molecule has 1 aromatic heterocycles. The van der Waals surface area contributed by atoms with Gasteiger partial charge in [-0.1, -0.05) is 12.1 Å². The van der Waals surface area contributed by atoms with E-state index in [9.17, 15) is 9.90 Å². The van der Waals surface area contributed by atoms with Crippen LogP contribution >= 0.6 is 0 Å². The van der Waals surface area contributed by atoms with Gasteiger partial charge in [0, 0.05) is 18.0 Å². The van der Waals surface area contributed by atoms with Gasteiger partial charge in [-0.3, -0.25) is 9.48 Å². The molecule has 0 bridgehead atoms. The highest BCUT2D eigenvalue weighted by Crippen LogP contribution is 2.39. The van der Waals surface area contributed by atoms with E-state index in [2.05, 4.69) is 10.4 Å². The molecule has 1 amide bonds. The second-order valence-corrected chi connectivity index (χ2v) is 6.20. The molecule has 116 valence electrons. The third-order valence-corrected chi connectivity index (χ3v) is 4.33. The summed E-state index contributed by atoms with van der Waals surface area (Å²) in [5, 5.41) is 16.7. The lowest BCUT2D eigenvalue weighted by atomic mass is 9.96. The molecule has 2 N–H and O–H groups in total. The van der Waals surface area contributed by atoms with Gasteiger partial charge in [-0.15, -0.1) is 0 Å². The fourth-order valence-corrected chi connectivity index (χ4v) is 2.67. The lowest BCUT2D eigenvalue weighted by Crippen LogP contribution is -2.50. The highest BCUT2D eigenvalue weighted by molar-refractivity contribution is 5.94. The van der Waals surface area contributed by atoms with Crippen LogP contribution in [-0.2, 0) is 6.54 Å². The number of nitrogens with one attached hydrogen (secondary N) is 1. The SMILES string of the molecule is CC(CO)(NC(=O)c1ccc(Cn2cccn2)cc1)C1CC1. The van der Waals surface area contributed by atoms with Crippen LogP contribution in [0.15, 0.2) is 42.7 Å². The third-order valence-electron chi connectivity index (χ3n) is 4.33. The molecule has 22 heavy (non-hydrogen) atoms. The van der Waals surface area contributed by atoms with Crippen molar-refractivity contribution in [1.82, 2.24) is 15.1 Å². The Morgan fingerprint density at radius 1 is 1.41 bits per heavy atom. The predicted octanol–water partition coefficient (Wildman–Crippen LogP) is 1.82. The highest BCUT2D eigenvalue weighted by atomic mass is 16.3. The van der Waals surface area contributed by atoms with Gasteiger partial charge < -0.3 is 10.4 Å². The number of aliphatic hydroxyl groups excluding tert-OH is 1. The van der Waals surface area contributed by atoms with Gasteiger partial charge >= 0.3 is 0 Å². The maximum atomic E-state index is 12.3. The Hall–Kier alpha value is -2.14. The molecule has 1 unspecified atom stereocenters. The molecule has 1 saturated carbocycles. The van der Waals surface area contributed by atoms with Crippen LogP contribution in [0.5, 0.6) is 0 Å². The molecule has 1 aliphatic carbocycles. The van der Waals surface area contributed by atoms with E-state index in [-0.39, 0.29) is 12.5 Å². The van der Waals surface area contributed by atoms with Crippen molar-refractivity contribution in [3.8, 4) is 0 Å². The number of rotatable bonds is 6. The minimum absolute atomic E-state index is 0.0270. The van der Waals surface area contributed by atoms with Crippen LogP contribution in [0.2, 0.25) is 0 Å². The molecule has 1 fully saturated rings. The van der Waals surface area contributed by atoms with Crippen molar-refractivity contribution in [3.05, 3.63) is 53.9 Å². The van der Waals surface area contributed by atoms with Crippen LogP contribution in [0.25, 0.3) is 0 Å². The quantitative estimate of drug-likeness (QED) is 0.855. The van der Waals surface area contributed by atoms with Crippen molar-refractivity contribution in [2.75, 3.05) is 6.61 Å². The van der Waals surface area contributed by atoms with Crippen molar-refractivity contribution >= 4 is 5.91 Å². The van der Waals surface area contributed by atoms with E-state index < -0.39 is 5.54 Å². The fourth-order valence-electron chi connectivity index (χ4n) is 2.67. The summed E-state index contributed by atoms with van der Waals surface area (Å²) in [7, 11) is 0. The Bertz CT molecular complexity index is 632. The second kappa shape index (κ2) is 5.93. The van der Waals surface area contributed by atoms with Crippen LogP contribution in [0, 0.1) is 5.92 Å². The first-order chi connectivity index (χ1) is 10.6. The van der Waals surface area contributed by atoms with E-state index in [0.717, 1.165) is 18.4 Å². The largest absolute Gasteiger partial charge is 0.394 e. The second-order valence-electron chi connectivity index (χ2n) is 6.20. The van der Waals surface area contributed by atoms with E-state index >= 15 is 0 Å². The van der Waals surface area contributed by atoms with Crippen molar-refractivity contribution in [2.24, 2.45) is 5.92 Å². The lowest BCUT2D eigenvalue weighted by molar-refractivity contribution is 0.0824. The number of benzene rings is 1. The van der Waals surface area contributed by atoms with E-state index in [1.54, 1.807) is 6.20 Å². The van der Waals surface area contributed by atoms with Gasteiger partial charge in [-0.2, -0.15) is 5.10 Å². The summed E-state index contributed by atoms with van der Waals surface area (Å²) in [4.78, 5) is 12.3. The van der Waals surface area contributed by atoms with Crippen molar-refractivity contribution in [1.29, 1.82) is 0 Å². The number of hydrogen-bond donors (Lipinski definition) is 2. The summed E-state index contributed by atoms with van der Waals surface area (Å²) in [5.74, 6) is 0.259. The number of aliphatic hydroxyl groups is 1. The first-order valence-electron chi connectivity index (χ1n) is 7.60. The zero-order valence-electron chi connectivity index (χ0n) is 12.7. The molecular formula is C17H21N3O2. The Kier molecular flexibility index (Phi) is 3.98. The minimum Gasteiger partial charge on any atom is -0.394 e. The number of hydrogen-bond acceptors (Lipinski definition) is 3. The summed E-state index contributed by atoms with van der Waals surface area (Å²) in [6.07, 6.45) is 5.79. The molecule has 3 rings (SSSR count). The summed E-state index contributed by atoms with van der Waals surface area (Å²) in [6, 6.07) is 9.39. The fraction of sp³-hybridized carbons (Fsp3) is 0.412. The third kappa shape index (κ3) is 3.20. The van der Waals surface area contributed by atoms with Crippen LogP contribution in [0.4, 0.5) is 0 Å². The summed E-state index contributed by atoms with van der Waals surface area (Å²) < 4.78 is 1.84. The van der Waals surface area contributed by atoms with Crippen LogP contribution in [-0.4, -0.2) is 32.9 Å². The number of amides is 1. The van der Waals surface area contributed by atoms with Gasteiger partial charge in [-0.05, 0) is 49.4 Å². The van der Waals surface area contributed by atoms with Crippen molar-refractivity contribution < 1.29 is 9.90 Å². The summed E-state index contributed by atoms with van der Waals surface area (Å²) in [5.41, 5.74) is 1.20. The number of carbonyl (C=O) groups excluding carboxylic acids is 1. The molecule has 2 aromatic rings. The molecule has 1 atom stereocenters. The molecule has 5 heteroatoms. The molecular weight excluding hydrogens is 278 g/mol. The zero-order valence-corrected chi connectivity index (χ0v) is 12.7. The Morgan fingerprint density at radius 2 is 2.14 bits per heavy atom. The average Bonchev–Trinajstić information content (AvgIpc) is 3.27. The Labute approximate surface area is 130 Å². The predicted molar refractivity (Wildman–Crippen MR) is 83.5 cm³/mol. The zero-order chi connectivity index (χ0) is 15.6. The molecule has 5 nitrogen and oxygen atoms in total. The topological polar surface area (TPSA) is 67.2 Å².